The van der Waals surface area contributed by atoms with Crippen LogP contribution in [-0.2, 0) is 34.3 Å². The van der Waals surface area contributed by atoms with Gasteiger partial charge in [0.2, 0.25) is 0 Å². The molecule has 0 aliphatic rings. The van der Waals surface area contributed by atoms with Gasteiger partial charge < -0.3 is 24.3 Å². The van der Waals surface area contributed by atoms with E-state index in [1.807, 2.05) is 0 Å². The van der Waals surface area contributed by atoms with E-state index in [9.17, 15) is 14.2 Å². The number of ether oxygens (including phenoxy) is 2. The zero-order valence-corrected chi connectivity index (χ0v) is 18.4. The Bertz CT molecular complexity index is 633. The number of nitrogens with zero attached hydrogens (tertiary/aromatic N) is 1. The molecule has 2 N–H and O–H groups in total. The van der Waals surface area contributed by atoms with Crippen LogP contribution in [0.1, 0.15) is 46.0 Å². The summed E-state index contributed by atoms with van der Waals surface area (Å²) in [7, 11) is -1.92. The fourth-order valence-electron chi connectivity index (χ4n) is 1.66. The van der Waals surface area contributed by atoms with Crippen LogP contribution in [0.4, 0.5) is 4.79 Å². The average molecular weight is 424 g/mol. The van der Waals surface area contributed by atoms with Gasteiger partial charge in [-0.25, -0.2) is 9.78 Å². The van der Waals surface area contributed by atoms with Crippen molar-refractivity contribution in [2.24, 2.45) is 5.73 Å². The lowest BCUT2D eigenvalue weighted by molar-refractivity contribution is -0.140. The summed E-state index contributed by atoms with van der Waals surface area (Å²) in [5, 5.41) is 0.708. The molecule has 0 saturated heterocycles. The van der Waals surface area contributed by atoms with Gasteiger partial charge in [0, 0.05) is 6.42 Å². The first-order valence-corrected chi connectivity index (χ1v) is 10.7. The minimum atomic E-state index is -3.27. The minimum Gasteiger partial charge on any atom is -0.469 e. The second kappa shape index (κ2) is 12.1. The third kappa shape index (κ3) is 11.1. The number of primary amides is 1. The number of carbonyl (C=O) groups is 2. The zero-order valence-electron chi connectivity index (χ0n) is 16.6. The van der Waals surface area contributed by atoms with Crippen molar-refractivity contribution >= 4 is 35.6 Å². The Balaban J connectivity index is 0.000000713. The van der Waals surface area contributed by atoms with Crippen molar-refractivity contribution in [1.29, 1.82) is 0 Å². The maximum Gasteiger partial charge on any atom is 0.405 e. The zero-order chi connectivity index (χ0) is 21.1. The fraction of sp³-hybridized carbons (Fsp3) is 0.688. The number of aromatic nitrogens is 1. The Kier molecular flexibility index (Phi) is 11.4. The second-order valence-corrected chi connectivity index (χ2v) is 9.45. The number of rotatable bonds is 8. The third-order valence-corrected chi connectivity index (χ3v) is 6.24. The number of amides is 1. The van der Waals surface area contributed by atoms with Crippen molar-refractivity contribution in [2.75, 3.05) is 20.3 Å². The quantitative estimate of drug-likeness (QED) is 0.498. The van der Waals surface area contributed by atoms with Crippen LogP contribution in [0.15, 0.2) is 6.20 Å². The minimum absolute atomic E-state index is 0.247. The largest absolute Gasteiger partial charge is 0.469 e. The molecule has 1 amide bonds. The summed E-state index contributed by atoms with van der Waals surface area (Å²) in [4.78, 5) is 25.2. The maximum atomic E-state index is 12.5. The highest BCUT2D eigenvalue weighted by Gasteiger charge is 2.29. The Morgan fingerprint density at radius 2 is 1.78 bits per heavy atom. The lowest BCUT2D eigenvalue weighted by Gasteiger charge is -2.16. The number of carbonyl (C=O) groups excluding carboxylic acids is 2. The van der Waals surface area contributed by atoms with E-state index >= 15 is 0 Å². The SMILES string of the molecule is CC(C)(C)OC(N)=O.CCOP(=O)(OCC)c1cnc(CCC(=O)OC)s1. The van der Waals surface area contributed by atoms with E-state index in [1.165, 1.54) is 24.6 Å². The van der Waals surface area contributed by atoms with Gasteiger partial charge in [-0.05, 0) is 34.6 Å². The van der Waals surface area contributed by atoms with Gasteiger partial charge in [0.1, 0.15) is 10.2 Å². The third-order valence-electron chi connectivity index (χ3n) is 2.59. The fourth-order valence-corrected chi connectivity index (χ4v) is 4.60. The summed E-state index contributed by atoms with van der Waals surface area (Å²) in [6.45, 7) is 9.39. The molecule has 1 rings (SSSR count). The van der Waals surface area contributed by atoms with Gasteiger partial charge in [-0.2, -0.15) is 0 Å². The van der Waals surface area contributed by atoms with Crippen LogP contribution in [0, 0.1) is 0 Å². The molecule has 0 aliphatic heterocycles. The topological polar surface area (TPSA) is 127 Å². The number of aryl methyl sites for hydroxylation is 1. The van der Waals surface area contributed by atoms with E-state index in [-0.39, 0.29) is 12.4 Å². The van der Waals surface area contributed by atoms with Gasteiger partial charge >= 0.3 is 19.7 Å². The van der Waals surface area contributed by atoms with Crippen molar-refractivity contribution in [3.05, 3.63) is 11.2 Å². The van der Waals surface area contributed by atoms with Gasteiger partial charge in [-0.15, -0.1) is 11.3 Å². The Morgan fingerprint density at radius 3 is 2.15 bits per heavy atom. The highest BCUT2D eigenvalue weighted by Crippen LogP contribution is 2.48. The van der Waals surface area contributed by atoms with E-state index < -0.39 is 19.3 Å². The monoisotopic (exact) mass is 424 g/mol. The van der Waals surface area contributed by atoms with Crippen LogP contribution in [0.25, 0.3) is 0 Å². The van der Waals surface area contributed by atoms with Gasteiger partial charge in [-0.3, -0.25) is 9.36 Å². The van der Waals surface area contributed by atoms with Gasteiger partial charge in [-0.1, -0.05) is 0 Å². The molecular weight excluding hydrogens is 395 g/mol. The van der Waals surface area contributed by atoms with Crippen molar-refractivity contribution in [1.82, 2.24) is 4.98 Å². The molecule has 9 nitrogen and oxygen atoms in total. The lowest BCUT2D eigenvalue weighted by atomic mass is 10.2. The summed E-state index contributed by atoms with van der Waals surface area (Å²) in [5.74, 6) is -0.297. The summed E-state index contributed by atoms with van der Waals surface area (Å²) < 4.78 is 32.5. The average Bonchev–Trinajstić information content (AvgIpc) is 3.01. The normalized spacial score (nSPS) is 11.3. The molecule has 0 atom stereocenters. The Hall–Kier alpha value is -1.48. The summed E-state index contributed by atoms with van der Waals surface area (Å²) in [5.41, 5.74) is 4.26. The number of hydrogen-bond acceptors (Lipinski definition) is 9. The number of thiazole rings is 1. The number of esters is 1. The molecule has 0 aliphatic carbocycles. The first kappa shape index (κ1) is 25.5. The van der Waals surface area contributed by atoms with E-state index in [0.717, 1.165) is 0 Å². The number of nitrogens with two attached hydrogens (primary N) is 1. The first-order valence-electron chi connectivity index (χ1n) is 8.37. The maximum absolute atomic E-state index is 12.5. The van der Waals surface area contributed by atoms with Gasteiger partial charge in [0.25, 0.3) is 0 Å². The second-order valence-electron chi connectivity index (χ2n) is 6.03. The lowest BCUT2D eigenvalue weighted by Crippen LogP contribution is -2.27. The van der Waals surface area contributed by atoms with Crippen LogP contribution in [0.5, 0.6) is 0 Å². The molecule has 27 heavy (non-hydrogen) atoms. The van der Waals surface area contributed by atoms with Crippen molar-refractivity contribution in [3.8, 4) is 0 Å². The van der Waals surface area contributed by atoms with E-state index in [4.69, 9.17) is 14.8 Å². The molecule has 11 heteroatoms. The highest BCUT2D eigenvalue weighted by molar-refractivity contribution is 7.68. The summed E-state index contributed by atoms with van der Waals surface area (Å²) in [6, 6.07) is 0. The molecule has 0 saturated carbocycles. The molecule has 1 aromatic rings. The van der Waals surface area contributed by atoms with Gasteiger partial charge in [0.05, 0.1) is 37.9 Å². The summed E-state index contributed by atoms with van der Waals surface area (Å²) in [6.07, 6.45) is 1.47. The molecule has 0 radical (unpaired) electrons. The van der Waals surface area contributed by atoms with Crippen LogP contribution in [-0.4, -0.2) is 43.0 Å². The standard InChI is InChI=1S/C11H18NO5PS.C5H11NO2/c1-4-16-18(14,17-5-2)11-8-12-9(19-11)6-7-10(13)15-3;1-5(2,3)8-4(6)7/h8H,4-7H2,1-3H3;1-3H3,(H2,6,7). The van der Waals surface area contributed by atoms with Crippen LogP contribution in [0.3, 0.4) is 0 Å². The van der Waals surface area contributed by atoms with Crippen LogP contribution in [0.2, 0.25) is 0 Å². The molecule has 156 valence electrons. The van der Waals surface area contributed by atoms with Crippen molar-refractivity contribution in [3.63, 3.8) is 0 Å². The molecule has 1 heterocycles. The highest BCUT2D eigenvalue weighted by atomic mass is 32.1. The predicted octanol–water partition coefficient (Wildman–Crippen LogP) is 3.02. The smallest absolute Gasteiger partial charge is 0.405 e. The Morgan fingerprint density at radius 1 is 1.22 bits per heavy atom. The molecule has 1 aromatic heterocycles. The molecule has 0 unspecified atom stereocenters. The van der Waals surface area contributed by atoms with E-state index in [0.29, 0.717) is 29.3 Å². The molecule has 0 bridgehead atoms. The van der Waals surface area contributed by atoms with Crippen LogP contribution < -0.4 is 10.4 Å². The number of methoxy groups -OCH3 is 1. The Labute approximate surface area is 164 Å². The van der Waals surface area contributed by atoms with E-state index in [1.54, 1.807) is 34.6 Å². The van der Waals surface area contributed by atoms with E-state index in [2.05, 4.69) is 14.5 Å². The molecule has 0 fully saturated rings. The van der Waals surface area contributed by atoms with Crippen molar-refractivity contribution in [2.45, 2.75) is 53.1 Å². The molecular formula is C16H29N2O7PS. The van der Waals surface area contributed by atoms with Gasteiger partial charge in [0.15, 0.2) is 0 Å². The first-order chi connectivity index (χ1) is 12.5. The van der Waals surface area contributed by atoms with Crippen LogP contribution >= 0.6 is 18.9 Å². The molecule has 0 aromatic carbocycles. The number of hydrogen-bond donors (Lipinski definition) is 1. The predicted molar refractivity (Wildman–Crippen MR) is 103 cm³/mol. The van der Waals surface area contributed by atoms with Crippen molar-refractivity contribution < 1.29 is 32.7 Å². The summed E-state index contributed by atoms with van der Waals surface area (Å²) >= 11 is 1.24. The molecule has 0 spiro atoms.